The normalized spacial score (nSPS) is 13.9. The first-order chi connectivity index (χ1) is 8.35. The second-order valence-corrected chi connectivity index (χ2v) is 5.24. The van der Waals surface area contributed by atoms with Crippen LogP contribution in [0, 0.1) is 5.82 Å². The first-order valence-corrected chi connectivity index (χ1v) is 6.09. The van der Waals surface area contributed by atoms with Gasteiger partial charge in [0.05, 0.1) is 5.60 Å². The molecule has 0 aliphatic carbocycles. The molecule has 1 atom stereocenters. The van der Waals surface area contributed by atoms with Crippen molar-refractivity contribution in [1.29, 1.82) is 0 Å². The van der Waals surface area contributed by atoms with Crippen molar-refractivity contribution >= 4 is 0 Å². The zero-order chi connectivity index (χ0) is 13.8. The Morgan fingerprint density at radius 1 is 1.33 bits per heavy atom. The second-order valence-electron chi connectivity index (χ2n) is 5.24. The summed E-state index contributed by atoms with van der Waals surface area (Å²) in [5.41, 5.74) is 6.83. The molecule has 0 saturated carbocycles. The van der Waals surface area contributed by atoms with Crippen LogP contribution in [0.1, 0.15) is 19.4 Å². The van der Waals surface area contributed by atoms with E-state index in [-0.39, 0.29) is 17.5 Å². The van der Waals surface area contributed by atoms with E-state index in [0.717, 1.165) is 18.7 Å². The molecule has 3 nitrogen and oxygen atoms in total. The van der Waals surface area contributed by atoms with Gasteiger partial charge in [-0.25, -0.2) is 4.39 Å². The van der Waals surface area contributed by atoms with Gasteiger partial charge in [-0.2, -0.15) is 0 Å². The van der Waals surface area contributed by atoms with Crippen molar-refractivity contribution < 1.29 is 9.13 Å². The van der Waals surface area contributed by atoms with E-state index in [1.165, 1.54) is 12.1 Å². The van der Waals surface area contributed by atoms with Crippen molar-refractivity contribution in [2.24, 2.45) is 5.73 Å². The summed E-state index contributed by atoms with van der Waals surface area (Å²) in [5.74, 6) is -0.210. The smallest absolute Gasteiger partial charge is 0.123 e. The average Bonchev–Trinajstić information content (AvgIpc) is 2.32. The molecule has 0 bridgehead atoms. The fraction of sp³-hybridized carbons (Fsp3) is 0.571. The van der Waals surface area contributed by atoms with E-state index in [4.69, 9.17) is 10.5 Å². The van der Waals surface area contributed by atoms with E-state index in [1.807, 2.05) is 20.9 Å². The zero-order valence-corrected chi connectivity index (χ0v) is 11.6. The largest absolute Gasteiger partial charge is 0.377 e. The Morgan fingerprint density at radius 2 is 1.89 bits per heavy atom. The maximum atomic E-state index is 12.8. The summed E-state index contributed by atoms with van der Waals surface area (Å²) < 4.78 is 18.2. The van der Waals surface area contributed by atoms with Crippen LogP contribution in [0.15, 0.2) is 24.3 Å². The van der Waals surface area contributed by atoms with Crippen LogP contribution in [0.25, 0.3) is 0 Å². The molecule has 4 heteroatoms. The molecular formula is C14H23FN2O. The molecule has 1 aromatic carbocycles. The first kappa shape index (κ1) is 15.1. The summed E-state index contributed by atoms with van der Waals surface area (Å²) in [6.45, 7) is 5.42. The highest BCUT2D eigenvalue weighted by Gasteiger charge is 2.26. The predicted molar refractivity (Wildman–Crippen MR) is 71.8 cm³/mol. The molecule has 1 aromatic rings. The molecule has 0 saturated heterocycles. The predicted octanol–water partition coefficient (Wildman–Crippen LogP) is 2.01. The van der Waals surface area contributed by atoms with Gasteiger partial charge in [0.15, 0.2) is 0 Å². The van der Waals surface area contributed by atoms with Crippen LogP contribution in [-0.2, 0) is 11.3 Å². The van der Waals surface area contributed by atoms with Crippen LogP contribution in [-0.4, -0.2) is 37.2 Å². The molecule has 0 spiro atoms. The van der Waals surface area contributed by atoms with Gasteiger partial charge >= 0.3 is 0 Å². The average molecular weight is 254 g/mol. The Kier molecular flexibility index (Phi) is 5.26. The van der Waals surface area contributed by atoms with Crippen molar-refractivity contribution in [3.63, 3.8) is 0 Å². The van der Waals surface area contributed by atoms with Gasteiger partial charge < -0.3 is 15.4 Å². The number of methoxy groups -OCH3 is 1. The van der Waals surface area contributed by atoms with Gasteiger partial charge in [0.25, 0.3) is 0 Å². The van der Waals surface area contributed by atoms with E-state index < -0.39 is 0 Å². The van der Waals surface area contributed by atoms with Crippen molar-refractivity contribution in [2.75, 3.05) is 20.7 Å². The molecule has 0 aromatic heterocycles. The number of benzene rings is 1. The molecule has 0 radical (unpaired) electrons. The third-order valence-corrected chi connectivity index (χ3v) is 3.29. The summed E-state index contributed by atoms with van der Waals surface area (Å²) in [6, 6.07) is 6.45. The third kappa shape index (κ3) is 4.37. The molecule has 2 N–H and O–H groups in total. The minimum atomic E-state index is -0.350. The highest BCUT2D eigenvalue weighted by atomic mass is 19.1. The van der Waals surface area contributed by atoms with Gasteiger partial charge in [-0.3, -0.25) is 0 Å². The molecule has 1 unspecified atom stereocenters. The van der Waals surface area contributed by atoms with Gasteiger partial charge in [0.1, 0.15) is 5.82 Å². The number of rotatable bonds is 6. The fourth-order valence-electron chi connectivity index (χ4n) is 1.67. The number of likely N-dealkylation sites (N-methyl/N-ethyl adjacent to an activating group) is 1. The SMILES string of the molecule is COC(C)(C)C(N)CN(C)Cc1ccc(F)cc1. The Bertz CT molecular complexity index is 365. The van der Waals surface area contributed by atoms with E-state index in [0.29, 0.717) is 0 Å². The lowest BCUT2D eigenvalue weighted by molar-refractivity contribution is -0.00720. The topological polar surface area (TPSA) is 38.5 Å². The van der Waals surface area contributed by atoms with Crippen LogP contribution in [0.3, 0.4) is 0 Å². The van der Waals surface area contributed by atoms with Crippen molar-refractivity contribution in [1.82, 2.24) is 4.90 Å². The molecule has 0 heterocycles. The standard InChI is InChI=1S/C14H23FN2O/c1-14(2,18-4)13(16)10-17(3)9-11-5-7-12(15)8-6-11/h5-8,13H,9-10,16H2,1-4H3. The van der Waals surface area contributed by atoms with Crippen molar-refractivity contribution in [3.8, 4) is 0 Å². The maximum Gasteiger partial charge on any atom is 0.123 e. The van der Waals surface area contributed by atoms with Gasteiger partial charge in [-0.1, -0.05) is 12.1 Å². The Hall–Kier alpha value is -0.970. The highest BCUT2D eigenvalue weighted by molar-refractivity contribution is 5.15. The summed E-state index contributed by atoms with van der Waals surface area (Å²) in [4.78, 5) is 2.11. The third-order valence-electron chi connectivity index (χ3n) is 3.29. The van der Waals surface area contributed by atoms with Gasteiger partial charge in [-0.15, -0.1) is 0 Å². The molecule has 0 aliphatic rings. The Labute approximate surface area is 109 Å². The fourth-order valence-corrected chi connectivity index (χ4v) is 1.67. The molecule has 0 amide bonds. The van der Waals surface area contributed by atoms with Crippen molar-refractivity contribution in [3.05, 3.63) is 35.6 Å². The number of hydrogen-bond acceptors (Lipinski definition) is 3. The zero-order valence-electron chi connectivity index (χ0n) is 11.6. The van der Waals surface area contributed by atoms with Crippen LogP contribution >= 0.6 is 0 Å². The molecular weight excluding hydrogens is 231 g/mol. The van der Waals surface area contributed by atoms with E-state index >= 15 is 0 Å². The monoisotopic (exact) mass is 254 g/mol. The Balaban J connectivity index is 2.51. The molecule has 0 aliphatic heterocycles. The minimum Gasteiger partial charge on any atom is -0.377 e. The van der Waals surface area contributed by atoms with Crippen LogP contribution < -0.4 is 5.73 Å². The van der Waals surface area contributed by atoms with E-state index in [2.05, 4.69) is 4.90 Å². The summed E-state index contributed by atoms with van der Waals surface area (Å²) in [7, 11) is 3.66. The highest BCUT2D eigenvalue weighted by Crippen LogP contribution is 2.13. The van der Waals surface area contributed by atoms with E-state index in [9.17, 15) is 4.39 Å². The van der Waals surface area contributed by atoms with E-state index in [1.54, 1.807) is 19.2 Å². The lowest BCUT2D eigenvalue weighted by Crippen LogP contribution is -2.50. The van der Waals surface area contributed by atoms with Crippen LogP contribution in [0.2, 0.25) is 0 Å². The minimum absolute atomic E-state index is 0.0760. The molecule has 1 rings (SSSR count). The lowest BCUT2D eigenvalue weighted by Gasteiger charge is -2.33. The number of halogens is 1. The van der Waals surface area contributed by atoms with Crippen LogP contribution in [0.4, 0.5) is 4.39 Å². The van der Waals surface area contributed by atoms with Crippen molar-refractivity contribution in [2.45, 2.75) is 32.0 Å². The second kappa shape index (κ2) is 6.27. The summed E-state index contributed by atoms with van der Waals surface area (Å²) in [6.07, 6.45) is 0. The summed E-state index contributed by atoms with van der Waals surface area (Å²) in [5, 5.41) is 0. The van der Waals surface area contributed by atoms with Crippen LogP contribution in [0.5, 0.6) is 0 Å². The molecule has 102 valence electrons. The van der Waals surface area contributed by atoms with Gasteiger partial charge in [0, 0.05) is 26.2 Å². The molecule has 0 fully saturated rings. The lowest BCUT2D eigenvalue weighted by atomic mass is 9.99. The quantitative estimate of drug-likeness (QED) is 0.844. The maximum absolute atomic E-state index is 12.8. The number of hydrogen-bond donors (Lipinski definition) is 1. The number of nitrogens with two attached hydrogens (primary N) is 1. The number of ether oxygens (including phenoxy) is 1. The summed E-state index contributed by atoms with van der Waals surface area (Å²) >= 11 is 0. The Morgan fingerprint density at radius 3 is 2.39 bits per heavy atom. The molecule has 18 heavy (non-hydrogen) atoms. The first-order valence-electron chi connectivity index (χ1n) is 6.09. The number of nitrogens with zero attached hydrogens (tertiary/aromatic N) is 1. The van der Waals surface area contributed by atoms with Gasteiger partial charge in [-0.05, 0) is 38.6 Å². The van der Waals surface area contributed by atoms with Gasteiger partial charge in [0.2, 0.25) is 0 Å².